The number of halogens is 1. The Morgan fingerprint density at radius 3 is 2.67 bits per heavy atom. The number of para-hydroxylation sites is 1. The molecule has 0 spiro atoms. The first-order valence-electron chi connectivity index (χ1n) is 7.71. The number of aromatic nitrogens is 1. The van der Waals surface area contributed by atoms with Crippen LogP contribution in [0.3, 0.4) is 0 Å². The van der Waals surface area contributed by atoms with E-state index in [1.165, 1.54) is 43.6 Å². The van der Waals surface area contributed by atoms with Gasteiger partial charge in [-0.3, -0.25) is 10.1 Å². The molecule has 3 aromatic rings. The van der Waals surface area contributed by atoms with Crippen LogP contribution in [0.1, 0.15) is 10.4 Å². The van der Waals surface area contributed by atoms with Crippen molar-refractivity contribution >= 4 is 54.2 Å². The zero-order chi connectivity index (χ0) is 19.8. The SMILES string of the molecule is COc1cccc2sc(NC(=O)c3ccc(Cl)c(S(=O)(=O)N(C)C)c3)nc12. The molecule has 0 unspecified atom stereocenters. The highest BCUT2D eigenvalue weighted by Gasteiger charge is 2.23. The monoisotopic (exact) mass is 425 g/mol. The Bertz CT molecular complexity index is 1130. The van der Waals surface area contributed by atoms with Crippen molar-refractivity contribution in [1.29, 1.82) is 0 Å². The number of amides is 1. The highest BCUT2D eigenvalue weighted by Crippen LogP contribution is 2.32. The minimum atomic E-state index is -3.77. The number of fused-ring (bicyclic) bond motifs is 1. The number of nitrogens with zero attached hydrogens (tertiary/aromatic N) is 2. The molecule has 0 aliphatic rings. The van der Waals surface area contributed by atoms with E-state index in [0.717, 1.165) is 9.01 Å². The van der Waals surface area contributed by atoms with Crippen LogP contribution < -0.4 is 10.1 Å². The molecule has 2 aromatic carbocycles. The minimum absolute atomic E-state index is 0.0463. The van der Waals surface area contributed by atoms with Gasteiger partial charge in [-0.15, -0.1) is 0 Å². The van der Waals surface area contributed by atoms with Gasteiger partial charge in [0, 0.05) is 19.7 Å². The lowest BCUT2D eigenvalue weighted by atomic mass is 10.2. The lowest BCUT2D eigenvalue weighted by Gasteiger charge is -2.13. The number of nitrogens with one attached hydrogen (secondary N) is 1. The summed E-state index contributed by atoms with van der Waals surface area (Å²) < 4.78 is 31.9. The Balaban J connectivity index is 1.93. The molecule has 0 aliphatic carbocycles. The van der Waals surface area contributed by atoms with Crippen LogP contribution in [-0.2, 0) is 10.0 Å². The van der Waals surface area contributed by atoms with Crippen molar-refractivity contribution in [2.45, 2.75) is 4.90 Å². The van der Waals surface area contributed by atoms with Gasteiger partial charge >= 0.3 is 0 Å². The third-order valence-corrected chi connectivity index (χ3v) is 7.01. The zero-order valence-corrected chi connectivity index (χ0v) is 17.1. The number of rotatable bonds is 5. The molecule has 27 heavy (non-hydrogen) atoms. The molecular weight excluding hydrogens is 410 g/mol. The van der Waals surface area contributed by atoms with Crippen LogP contribution in [0.15, 0.2) is 41.3 Å². The molecule has 0 fully saturated rings. The fraction of sp³-hybridized carbons (Fsp3) is 0.176. The van der Waals surface area contributed by atoms with Gasteiger partial charge in [0.05, 0.1) is 16.8 Å². The summed E-state index contributed by atoms with van der Waals surface area (Å²) in [5, 5.41) is 3.11. The molecule has 0 saturated carbocycles. The number of hydrogen-bond acceptors (Lipinski definition) is 6. The van der Waals surface area contributed by atoms with E-state index in [-0.39, 0.29) is 15.5 Å². The molecule has 0 atom stereocenters. The van der Waals surface area contributed by atoms with Gasteiger partial charge in [-0.25, -0.2) is 17.7 Å². The van der Waals surface area contributed by atoms with Crippen LogP contribution in [0, 0.1) is 0 Å². The second-order valence-corrected chi connectivity index (χ2v) is 9.27. The predicted molar refractivity (Wildman–Crippen MR) is 106 cm³/mol. The lowest BCUT2D eigenvalue weighted by molar-refractivity contribution is 0.102. The number of methoxy groups -OCH3 is 1. The molecule has 1 heterocycles. The fourth-order valence-corrected chi connectivity index (χ4v) is 4.62. The van der Waals surface area contributed by atoms with Gasteiger partial charge in [-0.1, -0.05) is 29.0 Å². The van der Waals surface area contributed by atoms with Crippen molar-refractivity contribution in [1.82, 2.24) is 9.29 Å². The summed E-state index contributed by atoms with van der Waals surface area (Å²) in [4.78, 5) is 16.8. The summed E-state index contributed by atoms with van der Waals surface area (Å²) >= 11 is 7.31. The number of carbonyl (C=O) groups excluding carboxylic acids is 1. The number of carbonyl (C=O) groups is 1. The van der Waals surface area contributed by atoms with Crippen molar-refractivity contribution < 1.29 is 17.9 Å². The standard InChI is InChI=1S/C17H16ClN3O4S2/c1-21(2)27(23,24)14-9-10(7-8-11(14)18)16(22)20-17-19-15-12(25-3)5-4-6-13(15)26-17/h4-9H,1-3H3,(H,19,20,22). The van der Waals surface area contributed by atoms with Gasteiger partial charge in [0.1, 0.15) is 16.2 Å². The molecular formula is C17H16ClN3O4S2. The predicted octanol–water partition coefficient (Wildman–Crippen LogP) is 3.46. The number of sulfonamides is 1. The molecule has 1 N–H and O–H groups in total. The van der Waals surface area contributed by atoms with Gasteiger partial charge in [0.15, 0.2) is 5.13 Å². The van der Waals surface area contributed by atoms with Crippen molar-refractivity contribution in [3.05, 3.63) is 47.0 Å². The average molecular weight is 426 g/mol. The Kier molecular flexibility index (Phi) is 5.38. The van der Waals surface area contributed by atoms with Crippen LogP contribution in [0.2, 0.25) is 5.02 Å². The van der Waals surface area contributed by atoms with E-state index < -0.39 is 15.9 Å². The molecule has 142 valence electrons. The van der Waals surface area contributed by atoms with Crippen molar-refractivity contribution in [3.8, 4) is 5.75 Å². The lowest BCUT2D eigenvalue weighted by Crippen LogP contribution is -2.23. The third-order valence-electron chi connectivity index (χ3n) is 3.77. The first kappa shape index (κ1) is 19.6. The summed E-state index contributed by atoms with van der Waals surface area (Å²) in [7, 11) is 0.566. The second kappa shape index (κ2) is 7.43. The molecule has 0 saturated heterocycles. The van der Waals surface area contributed by atoms with Crippen LogP contribution in [0.25, 0.3) is 10.2 Å². The van der Waals surface area contributed by atoms with E-state index in [0.29, 0.717) is 16.4 Å². The molecule has 1 amide bonds. The van der Waals surface area contributed by atoms with E-state index in [9.17, 15) is 13.2 Å². The van der Waals surface area contributed by atoms with Crippen LogP contribution in [0.4, 0.5) is 5.13 Å². The smallest absolute Gasteiger partial charge is 0.257 e. The normalized spacial score (nSPS) is 11.7. The Hall–Kier alpha value is -2.20. The highest BCUT2D eigenvalue weighted by molar-refractivity contribution is 7.89. The summed E-state index contributed by atoms with van der Waals surface area (Å²) in [5.74, 6) is 0.120. The molecule has 3 rings (SSSR count). The van der Waals surface area contributed by atoms with Gasteiger partial charge in [0.25, 0.3) is 5.91 Å². The zero-order valence-electron chi connectivity index (χ0n) is 14.7. The van der Waals surface area contributed by atoms with Gasteiger partial charge in [-0.05, 0) is 30.3 Å². The number of hydrogen-bond donors (Lipinski definition) is 1. The quantitative estimate of drug-likeness (QED) is 0.676. The summed E-state index contributed by atoms with van der Waals surface area (Å²) in [6, 6.07) is 9.58. The fourth-order valence-electron chi connectivity index (χ4n) is 2.35. The summed E-state index contributed by atoms with van der Waals surface area (Å²) in [5.41, 5.74) is 0.804. The average Bonchev–Trinajstić information content (AvgIpc) is 3.03. The topological polar surface area (TPSA) is 88.6 Å². The van der Waals surface area contributed by atoms with Crippen LogP contribution in [-0.4, -0.2) is 44.8 Å². The molecule has 1 aromatic heterocycles. The number of anilines is 1. The van der Waals surface area contributed by atoms with E-state index in [2.05, 4.69) is 10.3 Å². The van der Waals surface area contributed by atoms with Gasteiger partial charge < -0.3 is 4.74 Å². The van der Waals surface area contributed by atoms with Crippen LogP contribution in [0.5, 0.6) is 5.75 Å². The Morgan fingerprint density at radius 1 is 1.26 bits per heavy atom. The molecule has 0 radical (unpaired) electrons. The van der Waals surface area contributed by atoms with E-state index >= 15 is 0 Å². The van der Waals surface area contributed by atoms with E-state index in [1.54, 1.807) is 13.2 Å². The molecule has 7 nitrogen and oxygen atoms in total. The number of ether oxygens (including phenoxy) is 1. The first-order valence-corrected chi connectivity index (χ1v) is 10.3. The van der Waals surface area contributed by atoms with Gasteiger partial charge in [0.2, 0.25) is 10.0 Å². The summed E-state index contributed by atoms with van der Waals surface area (Å²) in [6.45, 7) is 0. The molecule has 0 bridgehead atoms. The number of thiazole rings is 1. The maximum atomic E-state index is 12.6. The van der Waals surface area contributed by atoms with Crippen molar-refractivity contribution in [3.63, 3.8) is 0 Å². The maximum Gasteiger partial charge on any atom is 0.257 e. The van der Waals surface area contributed by atoms with Gasteiger partial charge in [-0.2, -0.15) is 0 Å². The molecule has 0 aliphatic heterocycles. The molecule has 10 heteroatoms. The Labute approximate surface area is 165 Å². The second-order valence-electron chi connectivity index (χ2n) is 5.71. The van der Waals surface area contributed by atoms with Crippen LogP contribution >= 0.6 is 22.9 Å². The van der Waals surface area contributed by atoms with Crippen molar-refractivity contribution in [2.75, 3.05) is 26.5 Å². The van der Waals surface area contributed by atoms with Crippen molar-refractivity contribution in [2.24, 2.45) is 0 Å². The maximum absolute atomic E-state index is 12.6. The Morgan fingerprint density at radius 2 is 2.00 bits per heavy atom. The van der Waals surface area contributed by atoms with E-state index in [4.69, 9.17) is 16.3 Å². The van der Waals surface area contributed by atoms with E-state index in [1.807, 2.05) is 12.1 Å². The first-order chi connectivity index (χ1) is 12.7. The summed E-state index contributed by atoms with van der Waals surface area (Å²) in [6.07, 6.45) is 0. The third kappa shape index (κ3) is 3.77. The highest BCUT2D eigenvalue weighted by atomic mass is 35.5. The number of benzene rings is 2. The largest absolute Gasteiger partial charge is 0.494 e. The minimum Gasteiger partial charge on any atom is -0.494 e.